The molecule has 2 heterocycles. The van der Waals surface area contributed by atoms with Crippen molar-refractivity contribution in [1.29, 1.82) is 0 Å². The Balaban J connectivity index is 1.60. The first-order chi connectivity index (χ1) is 19.4. The number of benzene rings is 1. The van der Waals surface area contributed by atoms with Gasteiger partial charge in [0.25, 0.3) is 5.91 Å². The van der Waals surface area contributed by atoms with Gasteiger partial charge in [0.2, 0.25) is 0 Å². The van der Waals surface area contributed by atoms with Crippen LogP contribution < -0.4 is 10.1 Å². The van der Waals surface area contributed by atoms with Crippen LogP contribution >= 0.6 is 0 Å². The predicted molar refractivity (Wildman–Crippen MR) is 152 cm³/mol. The molecule has 1 aliphatic heterocycles. The molecule has 11 nitrogen and oxygen atoms in total. The molecule has 0 bridgehead atoms. The number of carboxylic acids is 1. The van der Waals surface area contributed by atoms with Gasteiger partial charge in [0.1, 0.15) is 11.4 Å². The zero-order valence-electron chi connectivity index (χ0n) is 24.8. The number of ether oxygens (including phenoxy) is 2. The maximum atomic E-state index is 13.0. The van der Waals surface area contributed by atoms with Gasteiger partial charge < -0.3 is 24.8 Å². The smallest absolute Gasteiger partial charge is 0.410 e. The minimum absolute atomic E-state index is 0.0345. The van der Waals surface area contributed by atoms with Crippen molar-refractivity contribution >= 4 is 18.0 Å². The molecule has 1 saturated heterocycles. The lowest BCUT2D eigenvalue weighted by Crippen LogP contribution is -2.55. The van der Waals surface area contributed by atoms with E-state index >= 15 is 0 Å². The lowest BCUT2D eigenvalue weighted by atomic mass is 10.0. The van der Waals surface area contributed by atoms with Gasteiger partial charge in [-0.15, -0.1) is 0 Å². The second-order valence-electron chi connectivity index (χ2n) is 11.9. The van der Waals surface area contributed by atoms with Crippen LogP contribution in [0.1, 0.15) is 97.1 Å². The minimum atomic E-state index is -1.12. The van der Waals surface area contributed by atoms with Gasteiger partial charge in [0.05, 0.1) is 11.1 Å². The third-order valence-corrected chi connectivity index (χ3v) is 7.20. The molecule has 11 heteroatoms. The summed E-state index contributed by atoms with van der Waals surface area (Å²) < 4.78 is 12.1. The summed E-state index contributed by atoms with van der Waals surface area (Å²) in [6, 6.07) is 2.84. The van der Waals surface area contributed by atoms with Crippen molar-refractivity contribution in [2.45, 2.75) is 78.0 Å². The fourth-order valence-corrected chi connectivity index (χ4v) is 4.93. The van der Waals surface area contributed by atoms with E-state index in [0.29, 0.717) is 50.0 Å². The fraction of sp³-hybridized carbons (Fsp3) is 0.567. The molecule has 1 aromatic heterocycles. The van der Waals surface area contributed by atoms with Gasteiger partial charge in [-0.05, 0) is 83.6 Å². The SMILES string of the molecule is CCNC(=O)c1cc(C(=O)O)c(C)cc1OC(CN1CCN(C(=O)OC(C)(C)C)[C@H](C)C1)c1ncc(C2CC2)cn1. The Kier molecular flexibility index (Phi) is 9.16. The number of nitrogens with one attached hydrogen (secondary N) is 1. The summed E-state index contributed by atoms with van der Waals surface area (Å²) in [6.07, 6.45) is 4.95. The Morgan fingerprint density at radius 2 is 1.80 bits per heavy atom. The zero-order valence-corrected chi connectivity index (χ0v) is 24.8. The van der Waals surface area contributed by atoms with Crippen molar-refractivity contribution in [3.05, 3.63) is 52.6 Å². The molecule has 1 saturated carbocycles. The summed E-state index contributed by atoms with van der Waals surface area (Å²) in [7, 11) is 0. The first-order valence-electron chi connectivity index (χ1n) is 14.2. The molecule has 2 N–H and O–H groups in total. The standard InChI is InChI=1S/C30H41N5O6/c1-7-31-27(36)23-13-22(28(37)38)18(2)12-24(23)40-25(26-32-14-21(15-33-26)20-8-9-20)17-34-10-11-35(19(3)16-34)29(39)41-30(4,5)6/h12-15,19-20,25H,7-11,16-17H2,1-6H3,(H,31,36)(H,37,38)/t19-,25?/m1/s1. The summed E-state index contributed by atoms with van der Waals surface area (Å²) in [5.41, 5.74) is 1.16. The largest absolute Gasteiger partial charge is 0.480 e. The van der Waals surface area contributed by atoms with Crippen LogP contribution in [0.25, 0.3) is 0 Å². The number of nitrogens with zero attached hydrogens (tertiary/aromatic N) is 4. The predicted octanol–water partition coefficient (Wildman–Crippen LogP) is 4.17. The van der Waals surface area contributed by atoms with Gasteiger partial charge in [-0.3, -0.25) is 9.69 Å². The molecular formula is C30H41N5O6. The number of carbonyl (C=O) groups is 3. The van der Waals surface area contributed by atoms with E-state index < -0.39 is 23.6 Å². The lowest BCUT2D eigenvalue weighted by Gasteiger charge is -2.41. The zero-order chi connectivity index (χ0) is 29.9. The summed E-state index contributed by atoms with van der Waals surface area (Å²) in [4.78, 5) is 50.7. The van der Waals surface area contributed by atoms with Crippen LogP contribution in [0.2, 0.25) is 0 Å². The highest BCUT2D eigenvalue weighted by Gasteiger charge is 2.33. The van der Waals surface area contributed by atoms with Gasteiger partial charge >= 0.3 is 12.1 Å². The van der Waals surface area contributed by atoms with Crippen molar-refractivity contribution in [2.24, 2.45) is 0 Å². The van der Waals surface area contributed by atoms with E-state index in [2.05, 4.69) is 20.2 Å². The Morgan fingerprint density at radius 3 is 2.37 bits per heavy atom. The number of hydrogen-bond acceptors (Lipinski definition) is 8. The molecule has 2 aliphatic rings. The number of hydrogen-bond donors (Lipinski definition) is 2. The molecule has 0 spiro atoms. The van der Waals surface area contributed by atoms with E-state index in [1.54, 1.807) is 24.8 Å². The monoisotopic (exact) mass is 567 g/mol. The number of amides is 2. The summed E-state index contributed by atoms with van der Waals surface area (Å²) in [5, 5.41) is 12.4. The number of carbonyl (C=O) groups excluding carboxylic acids is 2. The highest BCUT2D eigenvalue weighted by atomic mass is 16.6. The van der Waals surface area contributed by atoms with Crippen LogP contribution in [0.5, 0.6) is 5.75 Å². The first kappa shape index (κ1) is 30.2. The quantitative estimate of drug-likeness (QED) is 0.458. The molecule has 2 aromatic rings. The first-order valence-corrected chi connectivity index (χ1v) is 14.2. The number of aromatic nitrogens is 2. The molecule has 1 aromatic carbocycles. The van der Waals surface area contributed by atoms with E-state index in [-0.39, 0.29) is 29.0 Å². The van der Waals surface area contributed by atoms with Crippen LogP contribution in [0.3, 0.4) is 0 Å². The van der Waals surface area contributed by atoms with Gasteiger partial charge in [-0.1, -0.05) is 0 Å². The van der Waals surface area contributed by atoms with Crippen LogP contribution in [0.4, 0.5) is 4.79 Å². The third kappa shape index (κ3) is 7.72. The van der Waals surface area contributed by atoms with Crippen molar-refractivity contribution in [3.63, 3.8) is 0 Å². The number of carboxylic acid groups (broad SMARTS) is 1. The minimum Gasteiger partial charge on any atom is -0.480 e. The van der Waals surface area contributed by atoms with Crippen molar-refractivity contribution in [1.82, 2.24) is 25.1 Å². The lowest BCUT2D eigenvalue weighted by molar-refractivity contribution is -0.00337. The van der Waals surface area contributed by atoms with Gasteiger partial charge in [-0.2, -0.15) is 0 Å². The van der Waals surface area contributed by atoms with Crippen LogP contribution in [0.15, 0.2) is 24.5 Å². The summed E-state index contributed by atoms with van der Waals surface area (Å²) in [5.74, 6) is -0.307. The van der Waals surface area contributed by atoms with Gasteiger partial charge in [0.15, 0.2) is 11.9 Å². The maximum absolute atomic E-state index is 13.0. The highest BCUT2D eigenvalue weighted by molar-refractivity contribution is 6.00. The number of rotatable bonds is 9. The van der Waals surface area contributed by atoms with Crippen LogP contribution in [-0.2, 0) is 4.74 Å². The number of aryl methyl sites for hydroxylation is 1. The normalized spacial score (nSPS) is 18.5. The second-order valence-corrected chi connectivity index (χ2v) is 11.9. The molecule has 2 fully saturated rings. The van der Waals surface area contributed by atoms with Crippen molar-refractivity contribution in [2.75, 3.05) is 32.7 Å². The Morgan fingerprint density at radius 1 is 1.12 bits per heavy atom. The molecule has 41 heavy (non-hydrogen) atoms. The number of aromatic carboxylic acids is 1. The molecule has 2 amide bonds. The second kappa shape index (κ2) is 12.4. The third-order valence-electron chi connectivity index (χ3n) is 7.20. The molecule has 0 radical (unpaired) electrons. The molecule has 1 aliphatic carbocycles. The maximum Gasteiger partial charge on any atom is 0.410 e. The molecule has 1 unspecified atom stereocenters. The van der Waals surface area contributed by atoms with Crippen molar-refractivity contribution in [3.8, 4) is 5.75 Å². The molecule has 222 valence electrons. The van der Waals surface area contributed by atoms with E-state index in [4.69, 9.17) is 9.47 Å². The van der Waals surface area contributed by atoms with Crippen LogP contribution in [0, 0.1) is 6.92 Å². The van der Waals surface area contributed by atoms with Gasteiger partial charge in [-0.25, -0.2) is 19.6 Å². The Hall–Kier alpha value is -3.73. The van der Waals surface area contributed by atoms with Crippen molar-refractivity contribution < 1.29 is 29.0 Å². The van der Waals surface area contributed by atoms with E-state index in [9.17, 15) is 19.5 Å². The Labute approximate surface area is 241 Å². The van der Waals surface area contributed by atoms with E-state index in [1.807, 2.05) is 40.1 Å². The fourth-order valence-electron chi connectivity index (χ4n) is 4.93. The average molecular weight is 568 g/mol. The average Bonchev–Trinajstić information content (AvgIpc) is 3.73. The highest BCUT2D eigenvalue weighted by Crippen LogP contribution is 2.39. The topological polar surface area (TPSA) is 134 Å². The summed E-state index contributed by atoms with van der Waals surface area (Å²) in [6.45, 7) is 13.4. The van der Waals surface area contributed by atoms with Gasteiger partial charge in [0, 0.05) is 51.2 Å². The van der Waals surface area contributed by atoms with E-state index in [1.165, 1.54) is 6.07 Å². The molecular weight excluding hydrogens is 526 g/mol. The number of piperazine rings is 1. The summed E-state index contributed by atoms with van der Waals surface area (Å²) >= 11 is 0. The van der Waals surface area contributed by atoms with E-state index in [0.717, 1.165) is 18.4 Å². The Bertz CT molecular complexity index is 1270. The van der Waals surface area contributed by atoms with Crippen LogP contribution in [-0.4, -0.2) is 87.2 Å². The molecule has 4 rings (SSSR count). The molecule has 2 atom stereocenters.